The molecular formula is C17H18F3NO2. The molecule has 0 aliphatic carbocycles. The van der Waals surface area contributed by atoms with E-state index in [4.69, 9.17) is 15.2 Å². The quantitative estimate of drug-likeness (QED) is 0.905. The van der Waals surface area contributed by atoms with Crippen LogP contribution in [0.3, 0.4) is 0 Å². The molecular weight excluding hydrogens is 307 g/mol. The Labute approximate surface area is 132 Å². The minimum absolute atomic E-state index is 0.0256. The molecule has 2 aromatic rings. The van der Waals surface area contributed by atoms with Gasteiger partial charge in [0.1, 0.15) is 0 Å². The minimum atomic E-state index is -4.47. The molecule has 0 saturated heterocycles. The van der Waals surface area contributed by atoms with Gasteiger partial charge in [0.2, 0.25) is 0 Å². The van der Waals surface area contributed by atoms with Gasteiger partial charge in [-0.05, 0) is 36.2 Å². The van der Waals surface area contributed by atoms with Crippen LogP contribution in [0.1, 0.15) is 24.1 Å². The zero-order chi connectivity index (χ0) is 17.2. The van der Waals surface area contributed by atoms with Crippen molar-refractivity contribution < 1.29 is 22.6 Å². The molecule has 1 atom stereocenters. The van der Waals surface area contributed by atoms with Crippen LogP contribution in [0.15, 0.2) is 36.4 Å². The first-order valence-corrected chi connectivity index (χ1v) is 6.97. The third-order valence-corrected chi connectivity index (χ3v) is 3.55. The summed E-state index contributed by atoms with van der Waals surface area (Å²) in [5, 5.41) is 0. The maximum Gasteiger partial charge on any atom is 0.417 e. The molecule has 0 aromatic heterocycles. The van der Waals surface area contributed by atoms with Crippen molar-refractivity contribution in [2.75, 3.05) is 14.2 Å². The summed E-state index contributed by atoms with van der Waals surface area (Å²) < 4.78 is 50.5. The number of hydrogen-bond acceptors (Lipinski definition) is 3. The second-order valence-corrected chi connectivity index (χ2v) is 5.14. The molecule has 2 N–H and O–H groups in total. The number of ether oxygens (including phenoxy) is 2. The van der Waals surface area contributed by atoms with E-state index in [1.165, 1.54) is 26.4 Å². The molecule has 2 aromatic carbocycles. The van der Waals surface area contributed by atoms with E-state index in [9.17, 15) is 13.2 Å². The highest BCUT2D eigenvalue weighted by atomic mass is 19.4. The molecule has 0 amide bonds. The van der Waals surface area contributed by atoms with Gasteiger partial charge < -0.3 is 15.2 Å². The van der Waals surface area contributed by atoms with Gasteiger partial charge in [-0.3, -0.25) is 0 Å². The molecule has 0 fully saturated rings. The molecule has 3 nitrogen and oxygen atoms in total. The van der Waals surface area contributed by atoms with Gasteiger partial charge in [0.25, 0.3) is 0 Å². The van der Waals surface area contributed by atoms with E-state index in [2.05, 4.69) is 0 Å². The first-order valence-electron chi connectivity index (χ1n) is 6.97. The van der Waals surface area contributed by atoms with Crippen LogP contribution in [-0.4, -0.2) is 14.2 Å². The summed E-state index contributed by atoms with van der Waals surface area (Å²) >= 11 is 0. The smallest absolute Gasteiger partial charge is 0.417 e. The Balaban J connectivity index is 2.80. The first kappa shape index (κ1) is 17.1. The molecule has 23 heavy (non-hydrogen) atoms. The van der Waals surface area contributed by atoms with Crippen molar-refractivity contribution in [3.05, 3.63) is 47.5 Å². The van der Waals surface area contributed by atoms with Crippen molar-refractivity contribution in [1.29, 1.82) is 0 Å². The van der Waals surface area contributed by atoms with Crippen LogP contribution >= 0.6 is 0 Å². The van der Waals surface area contributed by atoms with E-state index in [1.807, 2.05) is 0 Å². The summed E-state index contributed by atoms with van der Waals surface area (Å²) in [5.41, 5.74) is 6.13. The fraction of sp³-hybridized carbons (Fsp3) is 0.294. The van der Waals surface area contributed by atoms with Gasteiger partial charge in [-0.25, -0.2) is 0 Å². The SMILES string of the molecule is COc1cc(C(C)N)cc(-c2ccccc2C(F)(F)F)c1OC. The van der Waals surface area contributed by atoms with Crippen molar-refractivity contribution in [2.24, 2.45) is 5.73 Å². The van der Waals surface area contributed by atoms with Crippen LogP contribution in [-0.2, 0) is 6.18 Å². The van der Waals surface area contributed by atoms with Gasteiger partial charge in [-0.2, -0.15) is 13.2 Å². The van der Waals surface area contributed by atoms with Crippen molar-refractivity contribution in [3.63, 3.8) is 0 Å². The fourth-order valence-corrected chi connectivity index (χ4v) is 2.41. The van der Waals surface area contributed by atoms with Gasteiger partial charge in [-0.1, -0.05) is 18.2 Å². The van der Waals surface area contributed by atoms with E-state index >= 15 is 0 Å². The maximum atomic E-state index is 13.3. The number of hydrogen-bond donors (Lipinski definition) is 1. The lowest BCUT2D eigenvalue weighted by molar-refractivity contribution is -0.137. The van der Waals surface area contributed by atoms with Crippen LogP contribution in [0, 0.1) is 0 Å². The standard InChI is InChI=1S/C17H18F3NO2/c1-10(21)11-8-13(16(23-3)15(9-11)22-2)12-6-4-5-7-14(12)17(18,19)20/h4-10H,21H2,1-3H3. The Morgan fingerprint density at radius 1 is 1.00 bits per heavy atom. The van der Waals surface area contributed by atoms with Crippen molar-refractivity contribution in [1.82, 2.24) is 0 Å². The highest BCUT2D eigenvalue weighted by Crippen LogP contribution is 2.44. The van der Waals surface area contributed by atoms with Crippen LogP contribution in [0.2, 0.25) is 0 Å². The third kappa shape index (κ3) is 3.42. The highest BCUT2D eigenvalue weighted by Gasteiger charge is 2.34. The summed E-state index contributed by atoms with van der Waals surface area (Å²) in [6.45, 7) is 1.75. The maximum absolute atomic E-state index is 13.3. The number of methoxy groups -OCH3 is 2. The highest BCUT2D eigenvalue weighted by molar-refractivity contribution is 5.77. The predicted octanol–water partition coefficient (Wildman–Crippen LogP) is 4.41. The Morgan fingerprint density at radius 3 is 2.17 bits per heavy atom. The van der Waals surface area contributed by atoms with Crippen molar-refractivity contribution in [3.8, 4) is 22.6 Å². The molecule has 0 radical (unpaired) electrons. The Kier molecular flexibility index (Phi) is 4.85. The van der Waals surface area contributed by atoms with Crippen molar-refractivity contribution in [2.45, 2.75) is 19.1 Å². The van der Waals surface area contributed by atoms with Gasteiger partial charge in [0.15, 0.2) is 11.5 Å². The van der Waals surface area contributed by atoms with Gasteiger partial charge >= 0.3 is 6.18 Å². The molecule has 0 aliphatic heterocycles. The number of rotatable bonds is 4. The van der Waals surface area contributed by atoms with Crippen LogP contribution in [0.25, 0.3) is 11.1 Å². The molecule has 0 heterocycles. The summed E-state index contributed by atoms with van der Waals surface area (Å²) in [4.78, 5) is 0. The molecule has 0 aliphatic rings. The molecule has 0 spiro atoms. The zero-order valence-corrected chi connectivity index (χ0v) is 13.1. The molecule has 2 rings (SSSR count). The Bertz CT molecular complexity index is 697. The van der Waals surface area contributed by atoms with Gasteiger partial charge in [0.05, 0.1) is 19.8 Å². The van der Waals surface area contributed by atoms with E-state index in [0.29, 0.717) is 16.9 Å². The average molecular weight is 325 g/mol. The monoisotopic (exact) mass is 325 g/mol. The van der Waals surface area contributed by atoms with E-state index in [1.54, 1.807) is 25.1 Å². The Hall–Kier alpha value is -2.21. The lowest BCUT2D eigenvalue weighted by Gasteiger charge is -2.19. The second kappa shape index (κ2) is 6.50. The largest absolute Gasteiger partial charge is 0.493 e. The summed E-state index contributed by atoms with van der Waals surface area (Å²) in [6.07, 6.45) is -4.47. The molecule has 1 unspecified atom stereocenters. The van der Waals surface area contributed by atoms with Crippen LogP contribution in [0.4, 0.5) is 13.2 Å². The predicted molar refractivity (Wildman–Crippen MR) is 82.6 cm³/mol. The fourth-order valence-electron chi connectivity index (χ4n) is 2.41. The van der Waals surface area contributed by atoms with E-state index in [-0.39, 0.29) is 17.4 Å². The lowest BCUT2D eigenvalue weighted by atomic mass is 9.94. The van der Waals surface area contributed by atoms with Crippen LogP contribution < -0.4 is 15.2 Å². The number of halogens is 3. The molecule has 124 valence electrons. The van der Waals surface area contributed by atoms with Gasteiger partial charge in [0, 0.05) is 11.6 Å². The number of alkyl halides is 3. The normalized spacial score (nSPS) is 12.8. The number of benzene rings is 2. The Morgan fingerprint density at radius 2 is 1.65 bits per heavy atom. The van der Waals surface area contributed by atoms with Gasteiger partial charge in [-0.15, -0.1) is 0 Å². The number of nitrogens with two attached hydrogens (primary N) is 1. The van der Waals surface area contributed by atoms with Crippen molar-refractivity contribution >= 4 is 0 Å². The molecule has 6 heteroatoms. The third-order valence-electron chi connectivity index (χ3n) is 3.55. The summed E-state index contributed by atoms with van der Waals surface area (Å²) in [5.74, 6) is 0.586. The molecule has 0 bridgehead atoms. The lowest BCUT2D eigenvalue weighted by Crippen LogP contribution is -2.09. The topological polar surface area (TPSA) is 44.5 Å². The summed E-state index contributed by atoms with van der Waals surface area (Å²) in [6, 6.07) is 8.28. The zero-order valence-electron chi connectivity index (χ0n) is 13.1. The minimum Gasteiger partial charge on any atom is -0.493 e. The van der Waals surface area contributed by atoms with E-state index in [0.717, 1.165) is 6.07 Å². The second-order valence-electron chi connectivity index (χ2n) is 5.14. The average Bonchev–Trinajstić information content (AvgIpc) is 2.52. The van der Waals surface area contributed by atoms with Crippen LogP contribution in [0.5, 0.6) is 11.5 Å². The first-order chi connectivity index (χ1) is 10.8. The van der Waals surface area contributed by atoms with E-state index < -0.39 is 11.7 Å². The summed E-state index contributed by atoms with van der Waals surface area (Å²) in [7, 11) is 2.82. The molecule has 0 saturated carbocycles.